The molecule has 0 N–H and O–H groups in total. The molecule has 122 valence electrons. The fourth-order valence-corrected chi connectivity index (χ4v) is 2.87. The van der Waals surface area contributed by atoms with Crippen molar-refractivity contribution >= 4 is 11.4 Å². The molecule has 1 fully saturated rings. The molecule has 8 heteroatoms. The Morgan fingerprint density at radius 1 is 1.21 bits per heavy atom. The number of nitro benzene ring substituents is 1. The van der Waals surface area contributed by atoms with Crippen LogP contribution in [-0.2, 0) is 0 Å². The molecule has 0 spiro atoms. The molecule has 2 aromatic heterocycles. The number of aromatic nitrogens is 2. The van der Waals surface area contributed by atoms with Crippen LogP contribution in [0.1, 0.15) is 12.8 Å². The highest BCUT2D eigenvalue weighted by molar-refractivity contribution is 5.71. The largest absolute Gasteiger partial charge is 0.461 e. The minimum absolute atomic E-state index is 0.0483. The van der Waals surface area contributed by atoms with Crippen LogP contribution in [0.25, 0.3) is 23.0 Å². The molecule has 1 aliphatic heterocycles. The van der Waals surface area contributed by atoms with E-state index in [0.29, 0.717) is 22.8 Å². The first-order valence-corrected chi connectivity index (χ1v) is 7.64. The van der Waals surface area contributed by atoms with Crippen molar-refractivity contribution in [3.8, 4) is 23.0 Å². The lowest BCUT2D eigenvalue weighted by Gasteiger charge is -2.17. The third-order valence-electron chi connectivity index (χ3n) is 4.03. The Morgan fingerprint density at radius 3 is 2.75 bits per heavy atom. The molecule has 1 saturated heterocycles. The smallest absolute Gasteiger partial charge is 0.293 e. The van der Waals surface area contributed by atoms with Gasteiger partial charge >= 0.3 is 0 Å². The molecule has 1 aromatic carbocycles. The molecule has 0 saturated carbocycles. The van der Waals surface area contributed by atoms with E-state index in [1.165, 1.54) is 12.3 Å². The Hall–Kier alpha value is -3.16. The zero-order valence-electron chi connectivity index (χ0n) is 12.7. The highest BCUT2D eigenvalue weighted by Gasteiger charge is 2.24. The molecule has 0 aliphatic carbocycles. The standard InChI is InChI=1S/C16H14N4O4/c21-20(22)13-10-11(5-6-12(13)19-7-1-2-8-19)16-17-15(18-24-16)14-4-3-9-23-14/h3-6,9-10H,1-2,7-8H2. The van der Waals surface area contributed by atoms with Crippen LogP contribution in [0.5, 0.6) is 0 Å². The van der Waals surface area contributed by atoms with Crippen LogP contribution >= 0.6 is 0 Å². The summed E-state index contributed by atoms with van der Waals surface area (Å²) in [5, 5.41) is 15.3. The van der Waals surface area contributed by atoms with E-state index >= 15 is 0 Å². The average molecular weight is 326 g/mol. The van der Waals surface area contributed by atoms with Crippen molar-refractivity contribution in [3.63, 3.8) is 0 Å². The highest BCUT2D eigenvalue weighted by Crippen LogP contribution is 2.34. The maximum absolute atomic E-state index is 11.5. The van der Waals surface area contributed by atoms with Gasteiger partial charge in [0.05, 0.1) is 11.2 Å². The van der Waals surface area contributed by atoms with Crippen molar-refractivity contribution in [1.82, 2.24) is 10.1 Å². The predicted octanol–water partition coefficient (Wildman–Crippen LogP) is 3.51. The van der Waals surface area contributed by atoms with Gasteiger partial charge in [-0.05, 0) is 37.1 Å². The third kappa shape index (κ3) is 2.51. The Kier molecular flexibility index (Phi) is 3.49. The highest BCUT2D eigenvalue weighted by atomic mass is 16.6. The van der Waals surface area contributed by atoms with Gasteiger partial charge in [0.2, 0.25) is 5.82 Å². The van der Waals surface area contributed by atoms with E-state index < -0.39 is 0 Å². The van der Waals surface area contributed by atoms with Gasteiger partial charge in [-0.3, -0.25) is 10.1 Å². The molecule has 0 atom stereocenters. The summed E-state index contributed by atoms with van der Waals surface area (Å²) in [6.45, 7) is 1.67. The molecule has 8 nitrogen and oxygen atoms in total. The topological polar surface area (TPSA) is 98.4 Å². The average Bonchev–Trinajstić information content (AvgIpc) is 3.35. The Morgan fingerprint density at radius 2 is 2.04 bits per heavy atom. The summed E-state index contributed by atoms with van der Waals surface area (Å²) in [4.78, 5) is 17.4. The quantitative estimate of drug-likeness (QED) is 0.534. The lowest BCUT2D eigenvalue weighted by atomic mass is 10.1. The first-order chi connectivity index (χ1) is 11.7. The molecule has 0 radical (unpaired) electrons. The van der Waals surface area contributed by atoms with Gasteiger partial charge in [-0.2, -0.15) is 4.98 Å². The summed E-state index contributed by atoms with van der Waals surface area (Å²) >= 11 is 0. The van der Waals surface area contributed by atoms with Crippen molar-refractivity contribution in [2.24, 2.45) is 0 Å². The SMILES string of the molecule is O=[N+]([O-])c1cc(-c2nc(-c3ccco3)no2)ccc1N1CCCC1. The number of nitro groups is 1. The van der Waals surface area contributed by atoms with E-state index in [2.05, 4.69) is 10.1 Å². The van der Waals surface area contributed by atoms with Crippen molar-refractivity contribution in [3.05, 3.63) is 46.7 Å². The number of hydrogen-bond donors (Lipinski definition) is 0. The van der Waals surface area contributed by atoms with Crippen molar-refractivity contribution in [2.45, 2.75) is 12.8 Å². The molecular formula is C16H14N4O4. The number of nitrogens with zero attached hydrogens (tertiary/aromatic N) is 4. The van der Waals surface area contributed by atoms with Crippen LogP contribution < -0.4 is 4.90 Å². The number of hydrogen-bond acceptors (Lipinski definition) is 7. The van der Waals surface area contributed by atoms with Gasteiger partial charge in [-0.15, -0.1) is 0 Å². The number of benzene rings is 1. The second-order valence-electron chi connectivity index (χ2n) is 5.56. The molecule has 3 aromatic rings. The van der Waals surface area contributed by atoms with Gasteiger partial charge in [0, 0.05) is 24.7 Å². The number of furan rings is 1. The van der Waals surface area contributed by atoms with Gasteiger partial charge in [0.1, 0.15) is 5.69 Å². The molecule has 24 heavy (non-hydrogen) atoms. The fourth-order valence-electron chi connectivity index (χ4n) is 2.87. The zero-order valence-corrected chi connectivity index (χ0v) is 12.7. The molecule has 0 bridgehead atoms. The number of rotatable bonds is 4. The fraction of sp³-hybridized carbons (Fsp3) is 0.250. The van der Waals surface area contributed by atoms with E-state index in [-0.39, 0.29) is 16.5 Å². The van der Waals surface area contributed by atoms with Crippen LogP contribution in [-0.4, -0.2) is 28.2 Å². The lowest BCUT2D eigenvalue weighted by molar-refractivity contribution is -0.384. The van der Waals surface area contributed by atoms with E-state index in [0.717, 1.165) is 25.9 Å². The summed E-state index contributed by atoms with van der Waals surface area (Å²) in [5.74, 6) is 1.01. The van der Waals surface area contributed by atoms with E-state index in [4.69, 9.17) is 8.94 Å². The molecule has 1 aliphatic rings. The predicted molar refractivity (Wildman–Crippen MR) is 85.5 cm³/mol. The minimum Gasteiger partial charge on any atom is -0.461 e. The Bertz CT molecular complexity index is 866. The second-order valence-corrected chi connectivity index (χ2v) is 5.56. The summed E-state index contributed by atoms with van der Waals surface area (Å²) in [6, 6.07) is 8.43. The van der Waals surface area contributed by atoms with Crippen LogP contribution in [0.2, 0.25) is 0 Å². The first kappa shape index (κ1) is 14.4. The van der Waals surface area contributed by atoms with Gasteiger partial charge in [0.15, 0.2) is 5.76 Å². The molecule has 0 unspecified atom stereocenters. The summed E-state index contributed by atoms with van der Waals surface area (Å²) in [7, 11) is 0. The second kappa shape index (κ2) is 5.80. The van der Waals surface area contributed by atoms with E-state index in [9.17, 15) is 10.1 Å². The summed E-state index contributed by atoms with van der Waals surface area (Å²) < 4.78 is 10.4. The first-order valence-electron chi connectivity index (χ1n) is 7.64. The molecule has 3 heterocycles. The molecular weight excluding hydrogens is 312 g/mol. The molecule has 0 amide bonds. The van der Waals surface area contributed by atoms with Crippen LogP contribution in [0.3, 0.4) is 0 Å². The normalized spacial score (nSPS) is 14.2. The van der Waals surface area contributed by atoms with Crippen LogP contribution in [0.4, 0.5) is 11.4 Å². The third-order valence-corrected chi connectivity index (χ3v) is 4.03. The number of anilines is 1. The van der Waals surface area contributed by atoms with Gasteiger partial charge in [-0.1, -0.05) is 5.16 Å². The zero-order chi connectivity index (χ0) is 16.5. The summed E-state index contributed by atoms with van der Waals surface area (Å²) in [5.41, 5.74) is 1.19. The van der Waals surface area contributed by atoms with Crippen LogP contribution in [0.15, 0.2) is 45.5 Å². The van der Waals surface area contributed by atoms with Crippen molar-refractivity contribution in [1.29, 1.82) is 0 Å². The minimum atomic E-state index is -0.374. The van der Waals surface area contributed by atoms with Crippen molar-refractivity contribution < 1.29 is 13.9 Å². The maximum Gasteiger partial charge on any atom is 0.293 e. The monoisotopic (exact) mass is 326 g/mol. The van der Waals surface area contributed by atoms with Gasteiger partial charge in [0.25, 0.3) is 11.6 Å². The Labute approximate surface area is 136 Å². The Balaban J connectivity index is 1.71. The maximum atomic E-state index is 11.5. The molecule has 4 rings (SSSR count). The van der Waals surface area contributed by atoms with E-state index in [1.807, 2.05) is 4.90 Å². The van der Waals surface area contributed by atoms with Crippen LogP contribution in [0, 0.1) is 10.1 Å². The van der Waals surface area contributed by atoms with Crippen molar-refractivity contribution in [2.75, 3.05) is 18.0 Å². The lowest BCUT2D eigenvalue weighted by Crippen LogP contribution is -2.18. The van der Waals surface area contributed by atoms with Gasteiger partial charge in [-0.25, -0.2) is 0 Å². The van der Waals surface area contributed by atoms with E-state index in [1.54, 1.807) is 24.3 Å². The summed E-state index contributed by atoms with van der Waals surface area (Å²) in [6.07, 6.45) is 3.62. The van der Waals surface area contributed by atoms with Gasteiger partial charge < -0.3 is 13.8 Å².